The molecule has 0 aliphatic carbocycles. The van der Waals surface area contributed by atoms with Gasteiger partial charge in [0.05, 0.1) is 12.2 Å². The average molecular weight is 325 g/mol. The molecule has 0 aromatic rings. The van der Waals surface area contributed by atoms with Crippen LogP contribution in [0.25, 0.3) is 0 Å². The minimum Gasteiger partial charge on any atom is -0.393 e. The molecule has 0 aromatic heterocycles. The van der Waals surface area contributed by atoms with E-state index in [0.29, 0.717) is 19.3 Å². The lowest BCUT2D eigenvalue weighted by molar-refractivity contribution is -0.117. The van der Waals surface area contributed by atoms with E-state index < -0.39 is 12.2 Å². The van der Waals surface area contributed by atoms with Crippen molar-refractivity contribution in [3.63, 3.8) is 0 Å². The van der Waals surface area contributed by atoms with Crippen LogP contribution in [0.4, 0.5) is 0 Å². The average Bonchev–Trinajstić information content (AvgIpc) is 2.50. The molecule has 0 heterocycles. The second-order valence-corrected chi connectivity index (χ2v) is 6.71. The highest BCUT2D eigenvalue weighted by molar-refractivity contribution is 5.75. The van der Waals surface area contributed by atoms with Gasteiger partial charge in [0.25, 0.3) is 0 Å². The third kappa shape index (κ3) is 17.3. The Kier molecular flexibility index (Phi) is 15.4. The Morgan fingerprint density at radius 1 is 0.870 bits per heavy atom. The number of hydrogen-bond acceptors (Lipinski definition) is 3. The Labute approximate surface area is 142 Å². The van der Waals surface area contributed by atoms with E-state index in [4.69, 9.17) is 6.42 Å². The number of unbranched alkanes of at least 4 members (excludes halogenated alkanes) is 9. The molecule has 0 aromatic carbocycles. The molecule has 23 heavy (non-hydrogen) atoms. The van der Waals surface area contributed by atoms with Gasteiger partial charge in [-0.05, 0) is 32.6 Å². The molecule has 0 radical (unpaired) electrons. The summed E-state index contributed by atoms with van der Waals surface area (Å²) in [5.74, 6) is 2.77. The van der Waals surface area contributed by atoms with Crippen molar-refractivity contribution in [3.05, 3.63) is 0 Å². The number of carbonyl (C=O) groups is 1. The first-order valence-corrected chi connectivity index (χ1v) is 9.35. The van der Waals surface area contributed by atoms with Crippen LogP contribution >= 0.6 is 0 Å². The molecule has 0 saturated carbocycles. The van der Waals surface area contributed by atoms with E-state index in [2.05, 4.69) is 5.92 Å². The number of Topliss-reactive ketones (excluding diaryl/α,β-unsaturated/α-hetero) is 1. The highest BCUT2D eigenvalue weighted by atomic mass is 16.3. The fourth-order valence-corrected chi connectivity index (χ4v) is 2.76. The minimum atomic E-state index is -0.552. The monoisotopic (exact) mass is 324 g/mol. The first-order chi connectivity index (χ1) is 11.1. The molecule has 2 N–H and O–H groups in total. The van der Waals surface area contributed by atoms with Gasteiger partial charge in [0.1, 0.15) is 5.78 Å². The number of aliphatic hydroxyl groups excluding tert-OH is 2. The fraction of sp³-hybridized carbons (Fsp3) is 0.850. The molecule has 0 spiro atoms. The van der Waals surface area contributed by atoms with Crippen LogP contribution in [0.1, 0.15) is 96.8 Å². The Morgan fingerprint density at radius 2 is 1.35 bits per heavy atom. The van der Waals surface area contributed by atoms with Crippen molar-refractivity contribution < 1.29 is 15.0 Å². The SMILES string of the molecule is C#CCCCCCCCCCCC[C@H](O)C[C@@H](O)CCC(C)=O. The van der Waals surface area contributed by atoms with Crippen LogP contribution in [0.2, 0.25) is 0 Å². The van der Waals surface area contributed by atoms with E-state index in [0.717, 1.165) is 32.1 Å². The molecule has 0 rings (SSSR count). The standard InChI is InChI=1S/C20H36O3/c1-3-4-5-6-7-8-9-10-11-12-13-14-19(22)17-20(23)16-15-18(2)21/h1,19-20,22-23H,4-17H2,2H3/t19-,20-/m0/s1. The van der Waals surface area contributed by atoms with Crippen molar-refractivity contribution in [1.29, 1.82) is 0 Å². The lowest BCUT2D eigenvalue weighted by Crippen LogP contribution is -2.18. The molecule has 0 aliphatic rings. The number of hydrogen-bond donors (Lipinski definition) is 2. The normalized spacial score (nSPS) is 13.5. The zero-order chi connectivity index (χ0) is 17.3. The van der Waals surface area contributed by atoms with Crippen molar-refractivity contribution in [2.75, 3.05) is 0 Å². The van der Waals surface area contributed by atoms with Gasteiger partial charge in [-0.2, -0.15) is 0 Å². The van der Waals surface area contributed by atoms with Gasteiger partial charge in [-0.3, -0.25) is 0 Å². The molecular weight excluding hydrogens is 288 g/mol. The molecular formula is C20H36O3. The molecule has 0 unspecified atom stereocenters. The molecule has 0 aliphatic heterocycles. The molecule has 0 bridgehead atoms. The second-order valence-electron chi connectivity index (χ2n) is 6.71. The number of ketones is 1. The Hall–Kier alpha value is -0.850. The summed E-state index contributed by atoms with van der Waals surface area (Å²) in [5.41, 5.74) is 0. The lowest BCUT2D eigenvalue weighted by atomic mass is 10.0. The van der Waals surface area contributed by atoms with Crippen molar-refractivity contribution in [2.45, 2.75) is 109 Å². The third-order valence-electron chi connectivity index (χ3n) is 4.23. The zero-order valence-electron chi connectivity index (χ0n) is 14.9. The number of rotatable bonds is 16. The largest absolute Gasteiger partial charge is 0.393 e. The predicted octanol–water partition coefficient (Wildman–Crippen LogP) is 4.39. The van der Waals surface area contributed by atoms with Gasteiger partial charge < -0.3 is 15.0 Å². The van der Waals surface area contributed by atoms with Gasteiger partial charge in [0, 0.05) is 12.8 Å². The van der Waals surface area contributed by atoms with Crippen molar-refractivity contribution >= 4 is 5.78 Å². The third-order valence-corrected chi connectivity index (χ3v) is 4.23. The van der Waals surface area contributed by atoms with Gasteiger partial charge in [-0.1, -0.05) is 51.4 Å². The van der Waals surface area contributed by atoms with E-state index in [-0.39, 0.29) is 5.78 Å². The number of terminal acetylenes is 1. The first kappa shape index (κ1) is 22.1. The van der Waals surface area contributed by atoms with Gasteiger partial charge >= 0.3 is 0 Å². The first-order valence-electron chi connectivity index (χ1n) is 9.35. The van der Waals surface area contributed by atoms with Gasteiger partial charge in [-0.25, -0.2) is 0 Å². The molecule has 0 saturated heterocycles. The van der Waals surface area contributed by atoms with Gasteiger partial charge in [0.15, 0.2) is 0 Å². The van der Waals surface area contributed by atoms with Crippen LogP contribution < -0.4 is 0 Å². The predicted molar refractivity (Wildman–Crippen MR) is 96.2 cm³/mol. The Balaban J connectivity index is 3.30. The maximum absolute atomic E-state index is 10.8. The van der Waals surface area contributed by atoms with Crippen LogP contribution in [0.5, 0.6) is 0 Å². The molecule has 3 heteroatoms. The van der Waals surface area contributed by atoms with E-state index in [1.807, 2.05) is 0 Å². The highest BCUT2D eigenvalue weighted by Gasteiger charge is 2.12. The van der Waals surface area contributed by atoms with E-state index in [1.165, 1.54) is 45.4 Å². The van der Waals surface area contributed by atoms with Crippen LogP contribution in [0.15, 0.2) is 0 Å². The summed E-state index contributed by atoms with van der Waals surface area (Å²) < 4.78 is 0. The second kappa shape index (κ2) is 16.0. The van der Waals surface area contributed by atoms with Gasteiger partial charge in [0.2, 0.25) is 0 Å². The van der Waals surface area contributed by atoms with Crippen molar-refractivity contribution in [2.24, 2.45) is 0 Å². The fourth-order valence-electron chi connectivity index (χ4n) is 2.76. The van der Waals surface area contributed by atoms with Crippen molar-refractivity contribution in [3.8, 4) is 12.3 Å². The Morgan fingerprint density at radius 3 is 1.87 bits per heavy atom. The van der Waals surface area contributed by atoms with Gasteiger partial charge in [-0.15, -0.1) is 12.3 Å². The summed E-state index contributed by atoms with van der Waals surface area (Å²) in [6, 6.07) is 0. The molecule has 0 amide bonds. The van der Waals surface area contributed by atoms with E-state index in [9.17, 15) is 15.0 Å². The number of aliphatic hydroxyl groups is 2. The van der Waals surface area contributed by atoms with E-state index >= 15 is 0 Å². The summed E-state index contributed by atoms with van der Waals surface area (Å²) in [4.78, 5) is 10.8. The van der Waals surface area contributed by atoms with Crippen LogP contribution in [0, 0.1) is 12.3 Å². The molecule has 2 atom stereocenters. The minimum absolute atomic E-state index is 0.0922. The summed E-state index contributed by atoms with van der Waals surface area (Å²) in [7, 11) is 0. The number of carbonyl (C=O) groups excluding carboxylic acids is 1. The van der Waals surface area contributed by atoms with Crippen LogP contribution in [-0.2, 0) is 4.79 Å². The smallest absolute Gasteiger partial charge is 0.129 e. The summed E-state index contributed by atoms with van der Waals surface area (Å²) in [6.45, 7) is 1.53. The zero-order valence-corrected chi connectivity index (χ0v) is 14.9. The van der Waals surface area contributed by atoms with Crippen LogP contribution in [-0.4, -0.2) is 28.2 Å². The van der Waals surface area contributed by atoms with Crippen LogP contribution in [0.3, 0.4) is 0 Å². The Bertz CT molecular complexity index is 319. The molecule has 3 nitrogen and oxygen atoms in total. The lowest BCUT2D eigenvalue weighted by Gasteiger charge is -2.15. The topological polar surface area (TPSA) is 57.5 Å². The van der Waals surface area contributed by atoms with Crippen molar-refractivity contribution in [1.82, 2.24) is 0 Å². The summed E-state index contributed by atoms with van der Waals surface area (Å²) >= 11 is 0. The maximum atomic E-state index is 10.8. The molecule has 134 valence electrons. The quantitative estimate of drug-likeness (QED) is 0.327. The van der Waals surface area contributed by atoms with E-state index in [1.54, 1.807) is 0 Å². The highest BCUT2D eigenvalue weighted by Crippen LogP contribution is 2.14. The maximum Gasteiger partial charge on any atom is 0.129 e. The summed E-state index contributed by atoms with van der Waals surface area (Å²) in [5, 5.41) is 19.6. The summed E-state index contributed by atoms with van der Waals surface area (Å²) in [6.07, 6.45) is 18.1. The molecule has 0 fully saturated rings.